The smallest absolute Gasteiger partial charge is 0.307 e. The van der Waals surface area contributed by atoms with Gasteiger partial charge in [0.1, 0.15) is 5.76 Å². The van der Waals surface area contributed by atoms with Crippen LogP contribution >= 0.6 is 0 Å². The van der Waals surface area contributed by atoms with Crippen molar-refractivity contribution in [2.24, 2.45) is 5.92 Å². The van der Waals surface area contributed by atoms with Crippen LogP contribution in [0.4, 0.5) is 0 Å². The fraction of sp³-hybridized carbons (Fsp3) is 0.412. The summed E-state index contributed by atoms with van der Waals surface area (Å²) in [5, 5.41) is 2.94. The number of benzene rings is 1. The predicted octanol–water partition coefficient (Wildman–Crippen LogP) is 2.91. The fourth-order valence-corrected chi connectivity index (χ4v) is 2.89. The average Bonchev–Trinajstić information content (AvgIpc) is 2.82. The molecule has 1 N–H and O–H groups in total. The van der Waals surface area contributed by atoms with Crippen molar-refractivity contribution in [3.8, 4) is 0 Å². The molecule has 1 aromatic heterocycles. The molecule has 1 amide bonds. The van der Waals surface area contributed by atoms with Crippen molar-refractivity contribution in [3.05, 3.63) is 53.2 Å². The molecule has 0 aliphatic heterocycles. The SMILES string of the molecule is Cc1cnc(C(=O)NCC2CCc3ccccc3CC2)o1. The minimum Gasteiger partial charge on any atom is -0.438 e. The van der Waals surface area contributed by atoms with Crippen LogP contribution in [-0.2, 0) is 12.8 Å². The van der Waals surface area contributed by atoms with Crippen LogP contribution in [0.15, 0.2) is 34.9 Å². The van der Waals surface area contributed by atoms with Gasteiger partial charge in [0.05, 0.1) is 6.20 Å². The first kappa shape index (κ1) is 13.9. The quantitative estimate of drug-likeness (QED) is 0.882. The van der Waals surface area contributed by atoms with Crippen LogP contribution in [0.1, 0.15) is 40.4 Å². The Morgan fingerprint density at radius 3 is 2.52 bits per heavy atom. The molecule has 4 nitrogen and oxygen atoms in total. The molecule has 0 saturated carbocycles. The van der Waals surface area contributed by atoms with Crippen LogP contribution in [0.25, 0.3) is 0 Å². The van der Waals surface area contributed by atoms with Gasteiger partial charge in [-0.2, -0.15) is 0 Å². The molecule has 0 fully saturated rings. The van der Waals surface area contributed by atoms with Gasteiger partial charge >= 0.3 is 5.91 Å². The highest BCUT2D eigenvalue weighted by molar-refractivity contribution is 5.89. The van der Waals surface area contributed by atoms with E-state index >= 15 is 0 Å². The molecule has 0 spiro atoms. The summed E-state index contributed by atoms with van der Waals surface area (Å²) in [5.74, 6) is 1.11. The lowest BCUT2D eigenvalue weighted by atomic mass is 10.00. The molecule has 21 heavy (non-hydrogen) atoms. The van der Waals surface area contributed by atoms with Crippen molar-refractivity contribution in [2.45, 2.75) is 32.6 Å². The summed E-state index contributed by atoms with van der Waals surface area (Å²) in [4.78, 5) is 15.9. The van der Waals surface area contributed by atoms with Crippen molar-refractivity contribution >= 4 is 5.91 Å². The number of hydrogen-bond donors (Lipinski definition) is 1. The lowest BCUT2D eigenvalue weighted by Gasteiger charge is -2.13. The van der Waals surface area contributed by atoms with Crippen LogP contribution in [0.5, 0.6) is 0 Å². The van der Waals surface area contributed by atoms with Crippen molar-refractivity contribution in [3.63, 3.8) is 0 Å². The molecule has 0 atom stereocenters. The lowest BCUT2D eigenvalue weighted by Crippen LogP contribution is -2.29. The average molecular weight is 284 g/mol. The summed E-state index contributed by atoms with van der Waals surface area (Å²) in [6.45, 7) is 2.47. The number of aromatic nitrogens is 1. The number of carbonyl (C=O) groups excluding carboxylic acids is 1. The molecule has 1 aromatic carbocycles. The molecular formula is C17H20N2O2. The standard InChI is InChI=1S/C17H20N2O2/c1-12-10-19-17(21-12)16(20)18-11-13-6-8-14-4-2-3-5-15(14)9-7-13/h2-5,10,13H,6-9,11H2,1H3,(H,18,20). The Kier molecular flexibility index (Phi) is 4.04. The Morgan fingerprint density at radius 1 is 1.29 bits per heavy atom. The third kappa shape index (κ3) is 3.32. The second kappa shape index (κ2) is 6.12. The maximum atomic E-state index is 11.9. The lowest BCUT2D eigenvalue weighted by molar-refractivity contribution is 0.0910. The molecule has 0 saturated heterocycles. The predicted molar refractivity (Wildman–Crippen MR) is 80.1 cm³/mol. The summed E-state index contributed by atoms with van der Waals surface area (Å²) < 4.78 is 5.24. The van der Waals surface area contributed by atoms with Gasteiger partial charge in [-0.3, -0.25) is 4.79 Å². The zero-order chi connectivity index (χ0) is 14.7. The first-order valence-electron chi connectivity index (χ1n) is 7.50. The minimum absolute atomic E-state index is 0.157. The molecule has 0 unspecified atom stereocenters. The van der Waals surface area contributed by atoms with Crippen LogP contribution in [-0.4, -0.2) is 17.4 Å². The molecule has 110 valence electrons. The van der Waals surface area contributed by atoms with E-state index in [1.54, 1.807) is 13.1 Å². The maximum Gasteiger partial charge on any atom is 0.307 e. The van der Waals surface area contributed by atoms with E-state index in [0.29, 0.717) is 18.2 Å². The zero-order valence-electron chi connectivity index (χ0n) is 12.3. The Bertz CT molecular complexity index is 606. The van der Waals surface area contributed by atoms with Crippen molar-refractivity contribution in [2.75, 3.05) is 6.54 Å². The summed E-state index contributed by atoms with van der Waals surface area (Å²) >= 11 is 0. The number of amides is 1. The summed E-state index contributed by atoms with van der Waals surface area (Å²) in [7, 11) is 0. The van der Waals surface area contributed by atoms with Crippen LogP contribution in [0, 0.1) is 12.8 Å². The Morgan fingerprint density at radius 2 is 1.95 bits per heavy atom. The van der Waals surface area contributed by atoms with Crippen LogP contribution < -0.4 is 5.32 Å². The van der Waals surface area contributed by atoms with E-state index in [0.717, 1.165) is 25.7 Å². The number of oxazole rings is 1. The molecule has 3 rings (SSSR count). The second-order valence-electron chi connectivity index (χ2n) is 5.70. The van der Waals surface area contributed by atoms with Gasteiger partial charge in [0, 0.05) is 6.54 Å². The van der Waals surface area contributed by atoms with Gasteiger partial charge in [0.2, 0.25) is 0 Å². The van der Waals surface area contributed by atoms with Gasteiger partial charge in [-0.15, -0.1) is 0 Å². The fourth-order valence-electron chi connectivity index (χ4n) is 2.89. The van der Waals surface area contributed by atoms with E-state index in [4.69, 9.17) is 4.42 Å². The number of nitrogens with zero attached hydrogens (tertiary/aromatic N) is 1. The second-order valence-corrected chi connectivity index (χ2v) is 5.70. The van der Waals surface area contributed by atoms with Gasteiger partial charge < -0.3 is 9.73 Å². The Labute approximate surface area is 124 Å². The van der Waals surface area contributed by atoms with E-state index in [1.807, 2.05) is 0 Å². The van der Waals surface area contributed by atoms with E-state index in [-0.39, 0.29) is 11.8 Å². The van der Waals surface area contributed by atoms with Crippen molar-refractivity contribution in [1.82, 2.24) is 10.3 Å². The van der Waals surface area contributed by atoms with E-state index < -0.39 is 0 Å². The van der Waals surface area contributed by atoms with Crippen molar-refractivity contribution < 1.29 is 9.21 Å². The van der Waals surface area contributed by atoms with Gasteiger partial charge in [-0.1, -0.05) is 24.3 Å². The number of hydrogen-bond acceptors (Lipinski definition) is 3. The molecule has 0 radical (unpaired) electrons. The molecular weight excluding hydrogens is 264 g/mol. The van der Waals surface area contributed by atoms with E-state index in [2.05, 4.69) is 34.6 Å². The molecule has 4 heteroatoms. The highest BCUT2D eigenvalue weighted by Gasteiger charge is 2.18. The highest BCUT2D eigenvalue weighted by atomic mass is 16.4. The topological polar surface area (TPSA) is 55.1 Å². The van der Waals surface area contributed by atoms with Gasteiger partial charge in [-0.25, -0.2) is 4.98 Å². The maximum absolute atomic E-state index is 11.9. The highest BCUT2D eigenvalue weighted by Crippen LogP contribution is 2.24. The largest absolute Gasteiger partial charge is 0.438 e. The molecule has 1 aliphatic carbocycles. The number of nitrogens with one attached hydrogen (secondary N) is 1. The van der Waals surface area contributed by atoms with Crippen LogP contribution in [0.3, 0.4) is 0 Å². The van der Waals surface area contributed by atoms with E-state index in [1.165, 1.54) is 11.1 Å². The Hall–Kier alpha value is -2.10. The number of carbonyl (C=O) groups is 1. The summed E-state index contributed by atoms with van der Waals surface area (Å²) in [6.07, 6.45) is 5.98. The summed E-state index contributed by atoms with van der Waals surface area (Å²) in [6, 6.07) is 8.63. The molecule has 0 bridgehead atoms. The third-order valence-corrected chi connectivity index (χ3v) is 4.13. The molecule has 2 aromatic rings. The first-order valence-corrected chi connectivity index (χ1v) is 7.50. The number of fused-ring (bicyclic) bond motifs is 1. The van der Waals surface area contributed by atoms with Gasteiger partial charge in [-0.05, 0) is 49.7 Å². The van der Waals surface area contributed by atoms with E-state index in [9.17, 15) is 4.79 Å². The molecule has 1 heterocycles. The minimum atomic E-state index is -0.218. The zero-order valence-corrected chi connectivity index (χ0v) is 12.3. The normalized spacial score (nSPS) is 15.3. The van der Waals surface area contributed by atoms with Gasteiger partial charge in [0.25, 0.3) is 5.89 Å². The first-order chi connectivity index (χ1) is 10.2. The van der Waals surface area contributed by atoms with Crippen LogP contribution in [0.2, 0.25) is 0 Å². The molecule has 1 aliphatic rings. The van der Waals surface area contributed by atoms with Gasteiger partial charge in [0.15, 0.2) is 0 Å². The summed E-state index contributed by atoms with van der Waals surface area (Å²) in [5.41, 5.74) is 2.91. The number of aryl methyl sites for hydroxylation is 3. The third-order valence-electron chi connectivity index (χ3n) is 4.13. The number of rotatable bonds is 3. The monoisotopic (exact) mass is 284 g/mol. The van der Waals surface area contributed by atoms with Crippen molar-refractivity contribution in [1.29, 1.82) is 0 Å². The Balaban J connectivity index is 1.54.